The zero-order valence-electron chi connectivity index (χ0n) is 11.2. The number of hydrogen-bond acceptors (Lipinski definition) is 1. The lowest BCUT2D eigenvalue weighted by Gasteiger charge is -2.44. The monoisotopic (exact) mass is 220 g/mol. The van der Waals surface area contributed by atoms with E-state index in [4.69, 9.17) is 0 Å². The highest BCUT2D eigenvalue weighted by Gasteiger charge is 2.42. The largest absolute Gasteiger partial charge is 0.389 e. The molecule has 0 aromatic rings. The highest BCUT2D eigenvalue weighted by Crippen LogP contribution is 2.44. The molecule has 1 rings (SSSR count). The highest BCUT2D eigenvalue weighted by atomic mass is 16.3. The summed E-state index contributed by atoms with van der Waals surface area (Å²) in [6.07, 6.45) is 10.4. The van der Waals surface area contributed by atoms with E-state index in [-0.39, 0.29) is 5.41 Å². The van der Waals surface area contributed by atoms with Crippen molar-refractivity contribution in [1.29, 1.82) is 0 Å². The van der Waals surface area contributed by atoms with Gasteiger partial charge in [-0.05, 0) is 39.2 Å². The molecule has 0 heterocycles. The first-order valence-corrected chi connectivity index (χ1v) is 6.05. The van der Waals surface area contributed by atoms with E-state index in [1.54, 1.807) is 0 Å². The summed E-state index contributed by atoms with van der Waals surface area (Å²) < 4.78 is 0. The predicted molar refractivity (Wildman–Crippen MR) is 70.3 cm³/mol. The van der Waals surface area contributed by atoms with E-state index in [1.807, 2.05) is 13.8 Å². The molecule has 0 aliphatic heterocycles. The van der Waals surface area contributed by atoms with Gasteiger partial charge >= 0.3 is 0 Å². The Labute approximate surface area is 99.6 Å². The van der Waals surface area contributed by atoms with Gasteiger partial charge in [-0.1, -0.05) is 43.7 Å². The Morgan fingerprint density at radius 2 is 2.00 bits per heavy atom. The SMILES string of the molecule is CC=C(C)C=CC1=CCCC(C)(O)C1(C)C. The lowest BCUT2D eigenvalue weighted by molar-refractivity contribution is -0.0415. The Morgan fingerprint density at radius 1 is 1.38 bits per heavy atom. The standard InChI is InChI=1S/C15H24O/c1-6-12(2)9-10-13-8-7-11-15(5,16)14(13,3)4/h6,8-10,16H,7,11H2,1-5H3. The van der Waals surface area contributed by atoms with Crippen molar-refractivity contribution in [2.24, 2.45) is 5.41 Å². The van der Waals surface area contributed by atoms with Crippen molar-refractivity contribution in [3.63, 3.8) is 0 Å². The summed E-state index contributed by atoms with van der Waals surface area (Å²) in [5.74, 6) is 0. The fourth-order valence-corrected chi connectivity index (χ4v) is 1.98. The minimum atomic E-state index is -0.606. The summed E-state index contributed by atoms with van der Waals surface area (Å²) in [4.78, 5) is 0. The van der Waals surface area contributed by atoms with Gasteiger partial charge in [-0.2, -0.15) is 0 Å². The van der Waals surface area contributed by atoms with Crippen LogP contribution in [0.3, 0.4) is 0 Å². The van der Waals surface area contributed by atoms with Gasteiger partial charge in [0.2, 0.25) is 0 Å². The normalized spacial score (nSPS) is 30.6. The molecule has 1 unspecified atom stereocenters. The smallest absolute Gasteiger partial charge is 0.0713 e. The molecule has 0 saturated carbocycles. The van der Waals surface area contributed by atoms with Crippen LogP contribution in [0, 0.1) is 5.41 Å². The summed E-state index contributed by atoms with van der Waals surface area (Å²) in [6, 6.07) is 0. The van der Waals surface area contributed by atoms with Crippen LogP contribution in [0.1, 0.15) is 47.5 Å². The molecule has 0 aromatic heterocycles. The van der Waals surface area contributed by atoms with Crippen LogP contribution >= 0.6 is 0 Å². The average molecular weight is 220 g/mol. The number of hydrogen-bond donors (Lipinski definition) is 1. The molecular weight excluding hydrogens is 196 g/mol. The second-order valence-corrected chi connectivity index (χ2v) is 5.46. The van der Waals surface area contributed by atoms with E-state index in [2.05, 4.69) is 45.1 Å². The molecular formula is C15H24O. The Morgan fingerprint density at radius 3 is 2.56 bits per heavy atom. The summed E-state index contributed by atoms with van der Waals surface area (Å²) in [7, 11) is 0. The molecule has 1 heteroatoms. The van der Waals surface area contributed by atoms with Crippen LogP contribution in [0.5, 0.6) is 0 Å². The summed E-state index contributed by atoms with van der Waals surface area (Å²) >= 11 is 0. The van der Waals surface area contributed by atoms with Crippen molar-refractivity contribution in [2.45, 2.75) is 53.1 Å². The topological polar surface area (TPSA) is 20.2 Å². The Balaban J connectivity index is 2.97. The van der Waals surface area contributed by atoms with Gasteiger partial charge in [-0.15, -0.1) is 0 Å². The van der Waals surface area contributed by atoms with Gasteiger partial charge in [0.05, 0.1) is 5.60 Å². The van der Waals surface area contributed by atoms with Gasteiger partial charge in [0.15, 0.2) is 0 Å². The molecule has 0 aromatic carbocycles. The second-order valence-electron chi connectivity index (χ2n) is 5.46. The first-order chi connectivity index (χ1) is 7.31. The van der Waals surface area contributed by atoms with Crippen LogP contribution in [0.25, 0.3) is 0 Å². The van der Waals surface area contributed by atoms with Crippen LogP contribution in [-0.2, 0) is 0 Å². The Bertz CT molecular complexity index is 340. The summed E-state index contributed by atoms with van der Waals surface area (Å²) in [5, 5.41) is 10.4. The molecule has 1 aliphatic carbocycles. The van der Waals surface area contributed by atoms with Gasteiger partial charge in [0, 0.05) is 5.41 Å². The first-order valence-electron chi connectivity index (χ1n) is 6.05. The first kappa shape index (κ1) is 13.2. The van der Waals surface area contributed by atoms with E-state index in [0.717, 1.165) is 12.8 Å². The molecule has 1 aliphatic rings. The molecule has 16 heavy (non-hydrogen) atoms. The van der Waals surface area contributed by atoms with Crippen LogP contribution in [0.15, 0.2) is 35.5 Å². The third-order valence-electron chi connectivity index (χ3n) is 4.04. The van der Waals surface area contributed by atoms with Gasteiger partial charge in [-0.3, -0.25) is 0 Å². The van der Waals surface area contributed by atoms with E-state index in [0.29, 0.717) is 0 Å². The minimum absolute atomic E-state index is 0.171. The summed E-state index contributed by atoms with van der Waals surface area (Å²) in [5.41, 5.74) is 1.72. The predicted octanol–water partition coefficient (Wildman–Crippen LogP) is 4.01. The zero-order valence-corrected chi connectivity index (χ0v) is 11.2. The van der Waals surface area contributed by atoms with Crippen molar-refractivity contribution in [2.75, 3.05) is 0 Å². The number of allylic oxidation sites excluding steroid dienone is 5. The molecule has 0 bridgehead atoms. The van der Waals surface area contributed by atoms with Gasteiger partial charge in [0.1, 0.15) is 0 Å². The fourth-order valence-electron chi connectivity index (χ4n) is 1.98. The third kappa shape index (κ3) is 2.46. The average Bonchev–Trinajstić information content (AvgIpc) is 2.20. The van der Waals surface area contributed by atoms with Crippen molar-refractivity contribution in [3.8, 4) is 0 Å². The maximum absolute atomic E-state index is 10.4. The molecule has 0 saturated heterocycles. The maximum Gasteiger partial charge on any atom is 0.0713 e. The lowest BCUT2D eigenvalue weighted by atomic mass is 9.65. The molecule has 90 valence electrons. The van der Waals surface area contributed by atoms with E-state index in [9.17, 15) is 5.11 Å². The fraction of sp³-hybridized carbons (Fsp3) is 0.600. The molecule has 0 amide bonds. The van der Waals surface area contributed by atoms with Gasteiger partial charge in [0.25, 0.3) is 0 Å². The van der Waals surface area contributed by atoms with Crippen molar-refractivity contribution in [3.05, 3.63) is 35.5 Å². The summed E-state index contributed by atoms with van der Waals surface area (Å²) in [6.45, 7) is 10.3. The van der Waals surface area contributed by atoms with Crippen molar-refractivity contribution < 1.29 is 5.11 Å². The van der Waals surface area contributed by atoms with Gasteiger partial charge < -0.3 is 5.11 Å². The second kappa shape index (κ2) is 4.58. The lowest BCUT2D eigenvalue weighted by Crippen LogP contribution is -2.44. The minimum Gasteiger partial charge on any atom is -0.389 e. The Hall–Kier alpha value is -0.820. The Kier molecular flexibility index (Phi) is 3.80. The van der Waals surface area contributed by atoms with E-state index >= 15 is 0 Å². The number of rotatable bonds is 2. The van der Waals surface area contributed by atoms with E-state index < -0.39 is 5.60 Å². The molecule has 0 radical (unpaired) electrons. The molecule has 0 spiro atoms. The van der Waals surface area contributed by atoms with Crippen LogP contribution in [-0.4, -0.2) is 10.7 Å². The van der Waals surface area contributed by atoms with Crippen LogP contribution in [0.4, 0.5) is 0 Å². The van der Waals surface area contributed by atoms with Crippen molar-refractivity contribution >= 4 is 0 Å². The quantitative estimate of drug-likeness (QED) is 0.697. The third-order valence-corrected chi connectivity index (χ3v) is 4.04. The highest BCUT2D eigenvalue weighted by molar-refractivity contribution is 5.34. The zero-order chi connectivity index (χ0) is 12.4. The van der Waals surface area contributed by atoms with Gasteiger partial charge in [-0.25, -0.2) is 0 Å². The number of aliphatic hydroxyl groups is 1. The molecule has 1 atom stereocenters. The van der Waals surface area contributed by atoms with Crippen LogP contribution < -0.4 is 0 Å². The molecule has 1 nitrogen and oxygen atoms in total. The molecule has 0 fully saturated rings. The molecule has 1 N–H and O–H groups in total. The van der Waals surface area contributed by atoms with Crippen LogP contribution in [0.2, 0.25) is 0 Å². The van der Waals surface area contributed by atoms with Crippen molar-refractivity contribution in [1.82, 2.24) is 0 Å². The maximum atomic E-state index is 10.4. The van der Waals surface area contributed by atoms with E-state index in [1.165, 1.54) is 11.1 Å².